The van der Waals surface area contributed by atoms with Crippen molar-refractivity contribution in [3.8, 4) is 5.75 Å². The molecule has 12 nitrogen and oxygen atoms in total. The van der Waals surface area contributed by atoms with Crippen LogP contribution in [0.4, 0.5) is 18.9 Å². The van der Waals surface area contributed by atoms with Gasteiger partial charge in [-0.2, -0.15) is 0 Å². The highest BCUT2D eigenvalue weighted by molar-refractivity contribution is 7.92. The number of para-hydroxylation sites is 1. The zero-order valence-electron chi connectivity index (χ0n) is 17.6. The smallest absolute Gasteiger partial charge is 0.404 e. The van der Waals surface area contributed by atoms with E-state index < -0.39 is 50.6 Å². The molecule has 0 aliphatic heterocycles. The van der Waals surface area contributed by atoms with Crippen LogP contribution in [0.25, 0.3) is 0 Å². The number of carbonyl (C=O) groups excluding carboxylic acids is 1. The number of sulfonamides is 1. The average Bonchev–Trinajstić information content (AvgIpc) is 2.69. The maximum absolute atomic E-state index is 12.8. The molecule has 186 valence electrons. The second-order valence-corrected chi connectivity index (χ2v) is 8.31. The van der Waals surface area contributed by atoms with Crippen molar-refractivity contribution >= 4 is 27.6 Å². The van der Waals surface area contributed by atoms with Crippen LogP contribution in [0, 0.1) is 6.92 Å². The number of nitrogens with two attached hydrogens (primary N) is 2. The molecule has 7 N–H and O–H groups in total. The molecule has 0 atom stereocenters. The van der Waals surface area contributed by atoms with Gasteiger partial charge in [-0.15, -0.1) is 13.2 Å². The molecule has 0 saturated carbocycles. The SMILES string of the molecule is Cc1cc(CC(=O)NCCON=C(N)N)c(NS(=O)(=O)c2ccccc2OC(F)(F)F)c(=O)[nH]1. The highest BCUT2D eigenvalue weighted by Gasteiger charge is 2.34. The molecule has 34 heavy (non-hydrogen) atoms. The second-order valence-electron chi connectivity index (χ2n) is 6.66. The Balaban J connectivity index is 2.28. The van der Waals surface area contributed by atoms with Crippen molar-refractivity contribution in [1.29, 1.82) is 0 Å². The summed E-state index contributed by atoms with van der Waals surface area (Å²) in [5.74, 6) is -1.92. The van der Waals surface area contributed by atoms with Crippen molar-refractivity contribution in [1.82, 2.24) is 10.3 Å². The highest BCUT2D eigenvalue weighted by Crippen LogP contribution is 2.30. The molecule has 0 saturated heterocycles. The lowest BCUT2D eigenvalue weighted by molar-refractivity contribution is -0.275. The molecule has 0 aliphatic rings. The number of hydrogen-bond acceptors (Lipinski definition) is 7. The van der Waals surface area contributed by atoms with Crippen LogP contribution < -0.4 is 31.8 Å². The Morgan fingerprint density at radius 3 is 2.56 bits per heavy atom. The van der Waals surface area contributed by atoms with E-state index in [1.54, 1.807) is 0 Å². The summed E-state index contributed by atoms with van der Waals surface area (Å²) in [7, 11) is -4.73. The second kappa shape index (κ2) is 10.8. The van der Waals surface area contributed by atoms with Gasteiger partial charge in [0.25, 0.3) is 15.6 Å². The zero-order valence-corrected chi connectivity index (χ0v) is 18.4. The number of alkyl halides is 3. The van der Waals surface area contributed by atoms with Crippen molar-refractivity contribution in [2.24, 2.45) is 16.6 Å². The molecule has 0 bridgehead atoms. The molecule has 2 aromatic rings. The normalized spacial score (nSPS) is 11.4. The van der Waals surface area contributed by atoms with Crippen LogP contribution >= 0.6 is 0 Å². The number of guanidine groups is 1. The van der Waals surface area contributed by atoms with Crippen molar-refractivity contribution in [2.75, 3.05) is 17.9 Å². The molecule has 0 spiro atoms. The fourth-order valence-electron chi connectivity index (χ4n) is 2.67. The van der Waals surface area contributed by atoms with Crippen LogP contribution in [0.5, 0.6) is 5.75 Å². The van der Waals surface area contributed by atoms with Gasteiger partial charge in [0.1, 0.15) is 22.9 Å². The number of aryl methyl sites for hydroxylation is 1. The summed E-state index contributed by atoms with van der Waals surface area (Å²) in [6, 6.07) is 5.34. The molecule has 1 aromatic heterocycles. The number of hydrogen-bond donors (Lipinski definition) is 5. The molecule has 0 fully saturated rings. The van der Waals surface area contributed by atoms with Gasteiger partial charge in [0.05, 0.1) is 13.0 Å². The average molecular weight is 506 g/mol. The number of rotatable bonds is 10. The van der Waals surface area contributed by atoms with Crippen molar-refractivity contribution in [2.45, 2.75) is 24.6 Å². The van der Waals surface area contributed by atoms with E-state index in [1.165, 1.54) is 19.1 Å². The summed E-state index contributed by atoms with van der Waals surface area (Å²) < 4.78 is 69.4. The Morgan fingerprint density at radius 2 is 1.91 bits per heavy atom. The number of oxime groups is 1. The van der Waals surface area contributed by atoms with Gasteiger partial charge in [0.15, 0.2) is 0 Å². The molecule has 0 radical (unpaired) electrons. The first-order valence-corrected chi connectivity index (χ1v) is 10.8. The van der Waals surface area contributed by atoms with E-state index in [4.69, 9.17) is 16.3 Å². The third kappa shape index (κ3) is 7.88. The molecule has 0 unspecified atom stereocenters. The van der Waals surface area contributed by atoms with Gasteiger partial charge >= 0.3 is 6.36 Å². The lowest BCUT2D eigenvalue weighted by Crippen LogP contribution is -2.30. The summed E-state index contributed by atoms with van der Waals surface area (Å²) in [5.41, 5.74) is 8.99. The van der Waals surface area contributed by atoms with Crippen LogP contribution in [0.15, 0.2) is 45.2 Å². The van der Waals surface area contributed by atoms with E-state index in [9.17, 15) is 31.2 Å². The number of carbonyl (C=O) groups is 1. The Bertz CT molecular complexity index is 1230. The number of H-pyrrole nitrogens is 1. The number of aromatic nitrogens is 1. The van der Waals surface area contributed by atoms with Gasteiger partial charge in [-0.3, -0.25) is 14.3 Å². The molecular weight excluding hydrogens is 485 g/mol. The van der Waals surface area contributed by atoms with Crippen molar-refractivity contribution in [3.63, 3.8) is 0 Å². The highest BCUT2D eigenvalue weighted by atomic mass is 32.2. The Kier molecular flexibility index (Phi) is 8.34. The minimum Gasteiger partial charge on any atom is -0.404 e. The zero-order chi connectivity index (χ0) is 25.5. The number of pyridine rings is 1. The number of amides is 1. The van der Waals surface area contributed by atoms with Crippen LogP contribution in [-0.4, -0.2) is 44.8 Å². The number of nitrogens with zero attached hydrogens (tertiary/aromatic N) is 1. The number of ether oxygens (including phenoxy) is 1. The van der Waals surface area contributed by atoms with Crippen LogP contribution in [0.2, 0.25) is 0 Å². The summed E-state index contributed by atoms with van der Waals surface area (Å²) >= 11 is 0. The number of nitrogens with one attached hydrogen (secondary N) is 3. The Morgan fingerprint density at radius 1 is 1.24 bits per heavy atom. The summed E-state index contributed by atoms with van der Waals surface area (Å²) in [5, 5.41) is 5.71. The van der Waals surface area contributed by atoms with E-state index in [-0.39, 0.29) is 24.7 Å². The fraction of sp³-hybridized carbons (Fsp3) is 0.278. The third-order valence-electron chi connectivity index (χ3n) is 3.89. The van der Waals surface area contributed by atoms with E-state index in [0.29, 0.717) is 5.69 Å². The minimum atomic E-state index is -5.15. The van der Waals surface area contributed by atoms with E-state index >= 15 is 0 Å². The fourth-order valence-corrected chi connectivity index (χ4v) is 3.91. The maximum Gasteiger partial charge on any atom is 0.573 e. The molecule has 1 aromatic carbocycles. The number of anilines is 1. The van der Waals surface area contributed by atoms with Gasteiger partial charge in [0, 0.05) is 5.69 Å². The van der Waals surface area contributed by atoms with Gasteiger partial charge in [-0.1, -0.05) is 12.1 Å². The summed E-state index contributed by atoms with van der Waals surface area (Å²) in [6.45, 7) is 1.41. The predicted octanol–water partition coefficient (Wildman–Crippen LogP) is 0.246. The van der Waals surface area contributed by atoms with Gasteiger partial charge in [0.2, 0.25) is 11.9 Å². The molecule has 2 rings (SSSR count). The number of aromatic amines is 1. The minimum absolute atomic E-state index is 0.0129. The monoisotopic (exact) mass is 506 g/mol. The third-order valence-corrected chi connectivity index (χ3v) is 5.28. The van der Waals surface area contributed by atoms with E-state index in [0.717, 1.165) is 18.2 Å². The maximum atomic E-state index is 12.8. The number of benzene rings is 1. The number of halogens is 3. The molecule has 16 heteroatoms. The van der Waals surface area contributed by atoms with E-state index in [2.05, 4.69) is 20.2 Å². The van der Waals surface area contributed by atoms with E-state index in [1.807, 2.05) is 4.72 Å². The summed E-state index contributed by atoms with van der Waals surface area (Å²) in [6.07, 6.45) is -5.59. The molecular formula is C18H21F3N6O6S. The van der Waals surface area contributed by atoms with Gasteiger partial charge in [-0.05, 0) is 35.8 Å². The quantitative estimate of drug-likeness (QED) is 0.131. The van der Waals surface area contributed by atoms with Crippen LogP contribution in [0.3, 0.4) is 0 Å². The molecule has 1 heterocycles. The van der Waals surface area contributed by atoms with Crippen molar-refractivity contribution < 1.29 is 36.0 Å². The van der Waals surface area contributed by atoms with Crippen LogP contribution in [-0.2, 0) is 26.1 Å². The van der Waals surface area contributed by atoms with Gasteiger partial charge in [-0.25, -0.2) is 8.42 Å². The largest absolute Gasteiger partial charge is 0.573 e. The first kappa shape index (κ1) is 26.3. The predicted molar refractivity (Wildman–Crippen MR) is 114 cm³/mol. The standard InChI is InChI=1S/C18H21F3N6O6S/c1-10-8-11(9-14(28)24-6-7-32-26-17(22)23)15(16(29)25-10)27-34(30,31)13-5-3-2-4-12(13)33-18(19,20)21/h2-5,8,27H,6-7,9H2,1H3,(H,24,28)(H,25,29)(H4,22,23,26). The first-order chi connectivity index (χ1) is 15.8. The topological polar surface area (TPSA) is 191 Å². The Hall–Kier alpha value is -3.95. The van der Waals surface area contributed by atoms with Crippen molar-refractivity contribution in [3.05, 3.63) is 51.9 Å². The molecule has 0 aliphatic carbocycles. The lowest BCUT2D eigenvalue weighted by Gasteiger charge is -2.16. The summed E-state index contributed by atoms with van der Waals surface area (Å²) in [4.78, 5) is 30.9. The van der Waals surface area contributed by atoms with Gasteiger partial charge < -0.3 is 31.3 Å². The molecule has 1 amide bonds. The van der Waals surface area contributed by atoms with Crippen LogP contribution in [0.1, 0.15) is 11.3 Å². The Labute approximate surface area is 191 Å². The first-order valence-electron chi connectivity index (χ1n) is 9.36. The lowest BCUT2D eigenvalue weighted by atomic mass is 10.1.